The summed E-state index contributed by atoms with van der Waals surface area (Å²) in [6.45, 7) is 2.87. The maximum atomic E-state index is 10.4. The highest BCUT2D eigenvalue weighted by molar-refractivity contribution is 5.83. The average Bonchev–Trinajstić information content (AvgIpc) is 2.91. The van der Waals surface area contributed by atoms with Gasteiger partial charge in [-0.3, -0.25) is 0 Å². The van der Waals surface area contributed by atoms with Gasteiger partial charge in [-0.25, -0.2) is 0 Å². The van der Waals surface area contributed by atoms with Crippen LogP contribution >= 0.6 is 0 Å². The molecule has 23 heavy (non-hydrogen) atoms. The van der Waals surface area contributed by atoms with Crippen LogP contribution in [0, 0.1) is 0 Å². The van der Waals surface area contributed by atoms with Gasteiger partial charge < -0.3 is 15.0 Å². The topological polar surface area (TPSA) is 37.2 Å². The van der Waals surface area contributed by atoms with Crippen LogP contribution in [-0.2, 0) is 13.5 Å². The Bertz CT molecular complexity index is 764. The van der Waals surface area contributed by atoms with Gasteiger partial charge in [0.1, 0.15) is 0 Å². The van der Waals surface area contributed by atoms with Crippen LogP contribution in [0.4, 0.5) is 0 Å². The van der Waals surface area contributed by atoms with Gasteiger partial charge in [-0.1, -0.05) is 48.5 Å². The van der Waals surface area contributed by atoms with Gasteiger partial charge in [0.15, 0.2) is 0 Å². The molecule has 3 rings (SSSR count). The van der Waals surface area contributed by atoms with E-state index in [0.29, 0.717) is 0 Å². The van der Waals surface area contributed by atoms with E-state index in [1.54, 1.807) is 0 Å². The van der Waals surface area contributed by atoms with Gasteiger partial charge in [-0.05, 0) is 37.1 Å². The quantitative estimate of drug-likeness (QED) is 0.732. The molecule has 0 radical (unpaired) electrons. The number of nitrogens with one attached hydrogen (secondary N) is 1. The summed E-state index contributed by atoms with van der Waals surface area (Å²) < 4.78 is 2.17. The molecule has 0 aliphatic carbocycles. The molecule has 2 aromatic carbocycles. The first-order valence-electron chi connectivity index (χ1n) is 8.16. The molecule has 0 spiro atoms. The smallest absolute Gasteiger partial charge is 0.0940 e. The first-order chi connectivity index (χ1) is 11.2. The van der Waals surface area contributed by atoms with Crippen molar-refractivity contribution in [2.24, 2.45) is 7.05 Å². The summed E-state index contributed by atoms with van der Waals surface area (Å²) in [5, 5.41) is 15.2. The lowest BCUT2D eigenvalue weighted by molar-refractivity contribution is 0.136. The molecule has 0 unspecified atom stereocenters. The van der Waals surface area contributed by atoms with Gasteiger partial charge >= 0.3 is 0 Å². The molecule has 3 heteroatoms. The third kappa shape index (κ3) is 3.46. The van der Waals surface area contributed by atoms with Crippen molar-refractivity contribution in [3.63, 3.8) is 0 Å². The van der Waals surface area contributed by atoms with E-state index in [9.17, 15) is 5.11 Å². The summed E-state index contributed by atoms with van der Waals surface area (Å²) in [6.07, 6.45) is 2.67. The lowest BCUT2D eigenvalue weighted by Crippen LogP contribution is -2.33. The first-order valence-corrected chi connectivity index (χ1v) is 8.16. The molecule has 3 aromatic rings. The van der Waals surface area contributed by atoms with Crippen molar-refractivity contribution in [2.75, 3.05) is 6.54 Å². The monoisotopic (exact) mass is 308 g/mol. The Hall–Kier alpha value is -2.10. The fourth-order valence-corrected chi connectivity index (χ4v) is 3.11. The largest absolute Gasteiger partial charge is 0.387 e. The van der Waals surface area contributed by atoms with E-state index in [1.165, 1.54) is 16.5 Å². The van der Waals surface area contributed by atoms with Gasteiger partial charge in [-0.2, -0.15) is 0 Å². The number of hydrogen-bond acceptors (Lipinski definition) is 2. The van der Waals surface area contributed by atoms with Crippen molar-refractivity contribution < 1.29 is 5.11 Å². The number of aryl methyl sites for hydroxylation is 1. The summed E-state index contributed by atoms with van der Waals surface area (Å²) in [7, 11) is 2.08. The number of fused-ring (bicyclic) bond motifs is 1. The Kier molecular flexibility index (Phi) is 4.79. The molecular formula is C20H24N2O. The summed E-state index contributed by atoms with van der Waals surface area (Å²) in [6, 6.07) is 18.3. The van der Waals surface area contributed by atoms with E-state index in [0.717, 1.165) is 18.5 Å². The van der Waals surface area contributed by atoms with E-state index in [-0.39, 0.29) is 6.04 Å². The van der Waals surface area contributed by atoms with Crippen molar-refractivity contribution in [3.8, 4) is 0 Å². The van der Waals surface area contributed by atoms with Crippen molar-refractivity contribution in [2.45, 2.75) is 25.5 Å². The summed E-state index contributed by atoms with van der Waals surface area (Å²) in [5.74, 6) is 0. The number of rotatable bonds is 6. The normalized spacial score (nSPS) is 14.0. The van der Waals surface area contributed by atoms with Crippen LogP contribution in [0.15, 0.2) is 60.8 Å². The fourth-order valence-electron chi connectivity index (χ4n) is 3.11. The predicted molar refractivity (Wildman–Crippen MR) is 95.5 cm³/mol. The second kappa shape index (κ2) is 6.99. The zero-order valence-electron chi connectivity index (χ0n) is 13.7. The predicted octanol–water partition coefficient (Wildman–Crippen LogP) is 3.43. The van der Waals surface area contributed by atoms with E-state index < -0.39 is 6.10 Å². The molecule has 0 aliphatic heterocycles. The van der Waals surface area contributed by atoms with Crippen molar-refractivity contribution >= 4 is 10.9 Å². The van der Waals surface area contributed by atoms with Gasteiger partial charge in [0, 0.05) is 30.2 Å². The maximum absolute atomic E-state index is 10.4. The van der Waals surface area contributed by atoms with Crippen LogP contribution < -0.4 is 5.32 Å². The third-order valence-corrected chi connectivity index (χ3v) is 4.45. The van der Waals surface area contributed by atoms with Crippen LogP contribution in [0.5, 0.6) is 0 Å². The molecule has 0 fully saturated rings. The number of nitrogens with zero attached hydrogens (tertiary/aromatic N) is 1. The Balaban J connectivity index is 1.60. The van der Waals surface area contributed by atoms with Gasteiger partial charge in [-0.15, -0.1) is 0 Å². The summed E-state index contributed by atoms with van der Waals surface area (Å²) >= 11 is 0. The minimum atomic E-state index is -0.483. The van der Waals surface area contributed by atoms with E-state index in [4.69, 9.17) is 0 Å². The molecule has 0 bridgehead atoms. The summed E-state index contributed by atoms with van der Waals surface area (Å²) in [5.41, 5.74) is 3.56. The van der Waals surface area contributed by atoms with Gasteiger partial charge in [0.2, 0.25) is 0 Å². The second-order valence-electron chi connectivity index (χ2n) is 6.13. The third-order valence-electron chi connectivity index (χ3n) is 4.45. The Labute approximate surface area is 137 Å². The first kappa shape index (κ1) is 15.8. The number of hydrogen-bond donors (Lipinski definition) is 2. The SMILES string of the molecule is C[C@H](NCCc1cn(C)c2ccccc12)[C@H](O)c1ccccc1. The van der Waals surface area contributed by atoms with Crippen LogP contribution in [0.1, 0.15) is 24.2 Å². The number of aromatic nitrogens is 1. The molecule has 3 nitrogen and oxygen atoms in total. The van der Waals surface area contributed by atoms with Crippen LogP contribution in [0.25, 0.3) is 10.9 Å². The molecule has 0 aliphatic rings. The highest BCUT2D eigenvalue weighted by Gasteiger charge is 2.15. The lowest BCUT2D eigenvalue weighted by Gasteiger charge is -2.20. The van der Waals surface area contributed by atoms with Gasteiger partial charge in [0.05, 0.1) is 6.10 Å². The molecule has 1 heterocycles. The Morgan fingerprint density at radius 2 is 1.74 bits per heavy atom. The Morgan fingerprint density at radius 3 is 2.52 bits per heavy atom. The van der Waals surface area contributed by atoms with Crippen molar-refractivity contribution in [3.05, 3.63) is 71.9 Å². The second-order valence-corrected chi connectivity index (χ2v) is 6.13. The molecule has 0 saturated heterocycles. The zero-order valence-corrected chi connectivity index (χ0v) is 13.7. The zero-order chi connectivity index (χ0) is 16.2. The number of aliphatic hydroxyl groups excluding tert-OH is 1. The molecule has 2 N–H and O–H groups in total. The van der Waals surface area contributed by atoms with Crippen molar-refractivity contribution in [1.29, 1.82) is 0 Å². The Morgan fingerprint density at radius 1 is 1.04 bits per heavy atom. The van der Waals surface area contributed by atoms with E-state index in [1.807, 2.05) is 37.3 Å². The average molecular weight is 308 g/mol. The molecular weight excluding hydrogens is 284 g/mol. The van der Waals surface area contributed by atoms with Gasteiger partial charge in [0.25, 0.3) is 0 Å². The van der Waals surface area contributed by atoms with E-state index in [2.05, 4.69) is 47.4 Å². The van der Waals surface area contributed by atoms with Crippen LogP contribution in [-0.4, -0.2) is 22.3 Å². The standard InChI is InChI=1S/C20H24N2O/c1-15(20(23)16-8-4-3-5-9-16)21-13-12-17-14-22(2)19-11-7-6-10-18(17)19/h3-11,14-15,20-21,23H,12-13H2,1-2H3/t15-,20-/m0/s1. The summed E-state index contributed by atoms with van der Waals surface area (Å²) in [4.78, 5) is 0. The molecule has 1 aromatic heterocycles. The maximum Gasteiger partial charge on any atom is 0.0940 e. The van der Waals surface area contributed by atoms with Crippen LogP contribution in [0.2, 0.25) is 0 Å². The number of benzene rings is 2. The fraction of sp³-hybridized carbons (Fsp3) is 0.300. The highest BCUT2D eigenvalue weighted by atomic mass is 16.3. The minimum absolute atomic E-state index is 0.0207. The molecule has 2 atom stereocenters. The highest BCUT2D eigenvalue weighted by Crippen LogP contribution is 2.21. The lowest BCUT2D eigenvalue weighted by atomic mass is 10.0. The molecule has 120 valence electrons. The molecule has 0 amide bonds. The minimum Gasteiger partial charge on any atom is -0.387 e. The number of aliphatic hydroxyl groups is 1. The molecule has 0 saturated carbocycles. The van der Waals surface area contributed by atoms with Crippen LogP contribution in [0.3, 0.4) is 0 Å². The number of para-hydroxylation sites is 1. The van der Waals surface area contributed by atoms with Crippen molar-refractivity contribution in [1.82, 2.24) is 9.88 Å². The van der Waals surface area contributed by atoms with E-state index >= 15 is 0 Å².